The molecule has 1 atom stereocenters. The lowest BCUT2D eigenvalue weighted by atomic mass is 9.99. The molecule has 128 valence electrons. The molecule has 2 N–H and O–H groups in total. The van der Waals surface area contributed by atoms with E-state index in [4.69, 9.17) is 5.11 Å². The van der Waals surface area contributed by atoms with E-state index in [1.165, 1.54) is 0 Å². The topological polar surface area (TPSA) is 124 Å². The smallest absolute Gasteiger partial charge is 0.513 e. The number of quaternary nitrogens is 1. The molecule has 1 unspecified atom stereocenters. The highest BCUT2D eigenvalue weighted by molar-refractivity contribution is 6.37. The van der Waals surface area contributed by atoms with Crippen molar-refractivity contribution in [2.45, 2.75) is 6.92 Å². The number of hydrogen-bond donors (Lipinski definition) is 2. The van der Waals surface area contributed by atoms with Crippen molar-refractivity contribution in [1.29, 1.82) is 0 Å². The van der Waals surface area contributed by atoms with Crippen LogP contribution in [-0.4, -0.2) is 34.7 Å². The zero-order valence-corrected chi connectivity index (χ0v) is 13.2. The van der Waals surface area contributed by atoms with E-state index >= 15 is 0 Å². The van der Waals surface area contributed by atoms with Crippen LogP contribution >= 0.6 is 0 Å². The molecule has 25 heavy (non-hydrogen) atoms. The van der Waals surface area contributed by atoms with Crippen LogP contribution in [0.3, 0.4) is 0 Å². The van der Waals surface area contributed by atoms with Crippen LogP contribution in [0.15, 0.2) is 47.8 Å². The number of pyridine rings is 1. The van der Waals surface area contributed by atoms with E-state index in [1.807, 2.05) is 13.0 Å². The third-order valence-electron chi connectivity index (χ3n) is 3.68. The number of aromatic nitrogens is 1. The SMILES string of the molecule is Cc1cccc([N+]2([O-])CNC(=O)C(OC(=O)O)=N2)c1-c1ccncc1. The Morgan fingerprint density at radius 1 is 1.32 bits per heavy atom. The lowest BCUT2D eigenvalue weighted by Crippen LogP contribution is -2.55. The van der Waals surface area contributed by atoms with Crippen molar-refractivity contribution in [3.05, 3.63) is 53.5 Å². The normalized spacial score (nSPS) is 19.8. The van der Waals surface area contributed by atoms with Crippen LogP contribution in [-0.2, 0) is 9.53 Å². The van der Waals surface area contributed by atoms with Crippen molar-refractivity contribution in [3.8, 4) is 11.1 Å². The largest absolute Gasteiger partial charge is 0.598 e. The zero-order valence-electron chi connectivity index (χ0n) is 13.2. The number of nitrogens with one attached hydrogen (secondary N) is 1. The van der Waals surface area contributed by atoms with Gasteiger partial charge in [-0.05, 0) is 35.3 Å². The van der Waals surface area contributed by atoms with Gasteiger partial charge in [0.15, 0.2) is 12.4 Å². The highest BCUT2D eigenvalue weighted by atomic mass is 16.7. The molecule has 0 fully saturated rings. The summed E-state index contributed by atoms with van der Waals surface area (Å²) in [5.74, 6) is -1.65. The third-order valence-corrected chi connectivity index (χ3v) is 3.68. The first-order chi connectivity index (χ1) is 11.9. The number of carbonyl (C=O) groups excluding carboxylic acids is 1. The lowest BCUT2D eigenvalue weighted by molar-refractivity contribution is -0.117. The molecule has 1 amide bonds. The van der Waals surface area contributed by atoms with E-state index in [2.05, 4.69) is 20.1 Å². The number of aryl methyl sites for hydroxylation is 1. The van der Waals surface area contributed by atoms with Gasteiger partial charge < -0.3 is 15.1 Å². The Morgan fingerprint density at radius 3 is 2.72 bits per heavy atom. The van der Waals surface area contributed by atoms with Crippen LogP contribution in [0.1, 0.15) is 5.56 Å². The fraction of sp³-hybridized carbons (Fsp3) is 0.125. The number of rotatable bonds is 2. The molecule has 9 heteroatoms. The molecule has 3 rings (SSSR count). The zero-order chi connectivity index (χ0) is 18.0. The van der Waals surface area contributed by atoms with Gasteiger partial charge in [-0.1, -0.05) is 12.1 Å². The van der Waals surface area contributed by atoms with Gasteiger partial charge in [-0.15, -0.1) is 0 Å². The van der Waals surface area contributed by atoms with E-state index in [-0.39, 0.29) is 12.4 Å². The lowest BCUT2D eigenvalue weighted by Gasteiger charge is -2.38. The van der Waals surface area contributed by atoms with Crippen LogP contribution in [0, 0.1) is 12.1 Å². The molecule has 0 spiro atoms. The second-order valence-corrected chi connectivity index (χ2v) is 5.34. The number of carbonyl (C=O) groups is 2. The van der Waals surface area contributed by atoms with Gasteiger partial charge in [0.1, 0.15) is 0 Å². The van der Waals surface area contributed by atoms with Crippen LogP contribution in [0.5, 0.6) is 0 Å². The Labute approximate surface area is 142 Å². The molecular formula is C16H14N4O5. The molecule has 1 aliphatic heterocycles. The Kier molecular flexibility index (Phi) is 4.17. The number of hydroxylamine groups is 1. The fourth-order valence-electron chi connectivity index (χ4n) is 2.61. The Hall–Kier alpha value is -3.30. The number of nitrogens with zero attached hydrogens (tertiary/aromatic N) is 3. The Bertz CT molecular complexity index is 868. The predicted molar refractivity (Wildman–Crippen MR) is 89.1 cm³/mol. The third kappa shape index (κ3) is 3.18. The molecular weight excluding hydrogens is 328 g/mol. The molecule has 9 nitrogen and oxygen atoms in total. The summed E-state index contributed by atoms with van der Waals surface area (Å²) in [5, 5.41) is 28.0. The van der Waals surface area contributed by atoms with E-state index in [1.54, 1.807) is 36.7 Å². The highest BCUT2D eigenvalue weighted by Gasteiger charge is 2.35. The van der Waals surface area contributed by atoms with Gasteiger partial charge in [-0.25, -0.2) is 4.79 Å². The van der Waals surface area contributed by atoms with E-state index in [9.17, 15) is 14.8 Å². The average Bonchev–Trinajstić information content (AvgIpc) is 2.58. The molecule has 0 bridgehead atoms. The number of carboxylic acid groups (broad SMARTS) is 1. The van der Waals surface area contributed by atoms with E-state index in [0.717, 1.165) is 11.1 Å². The molecule has 1 aromatic carbocycles. The minimum Gasteiger partial charge on any atom is -0.598 e. The Morgan fingerprint density at radius 2 is 2.04 bits per heavy atom. The summed E-state index contributed by atoms with van der Waals surface area (Å²) < 4.78 is 3.00. The van der Waals surface area contributed by atoms with Gasteiger partial charge >= 0.3 is 18.0 Å². The number of hydrogen-bond acceptors (Lipinski definition) is 6. The van der Waals surface area contributed by atoms with Crippen molar-refractivity contribution in [3.63, 3.8) is 0 Å². The van der Waals surface area contributed by atoms with Gasteiger partial charge in [0.2, 0.25) is 0 Å². The van der Waals surface area contributed by atoms with Crippen molar-refractivity contribution in [2.75, 3.05) is 6.67 Å². The molecule has 0 saturated carbocycles. The van der Waals surface area contributed by atoms with Gasteiger partial charge in [0.05, 0.1) is 0 Å². The standard InChI is InChI=1S/C16H14N4O5/c1-10-3-2-4-12(13(10)11-5-7-17-8-6-11)20(24)9-18-14(21)15(19-20)25-16(22)23/h2-8H,9H2,1H3,(H,18,21)(H,22,23). The molecule has 0 radical (unpaired) electrons. The summed E-state index contributed by atoms with van der Waals surface area (Å²) in [5.41, 5.74) is 2.46. The first kappa shape index (κ1) is 16.6. The number of ether oxygens (including phenoxy) is 1. The summed E-state index contributed by atoms with van der Waals surface area (Å²) in [4.78, 5) is 26.3. The summed E-state index contributed by atoms with van der Waals surface area (Å²) in [6, 6.07) is 8.61. The molecule has 0 aliphatic carbocycles. The summed E-state index contributed by atoms with van der Waals surface area (Å²) in [7, 11) is 0. The summed E-state index contributed by atoms with van der Waals surface area (Å²) >= 11 is 0. The van der Waals surface area contributed by atoms with Gasteiger partial charge in [0, 0.05) is 24.0 Å². The number of benzene rings is 1. The van der Waals surface area contributed by atoms with Crippen molar-refractivity contribution < 1.29 is 19.4 Å². The Balaban J connectivity index is 2.16. The van der Waals surface area contributed by atoms with Crippen LogP contribution in [0.2, 0.25) is 0 Å². The molecule has 1 aliphatic rings. The quantitative estimate of drug-likeness (QED) is 0.488. The molecule has 1 aromatic heterocycles. The fourth-order valence-corrected chi connectivity index (χ4v) is 2.61. The van der Waals surface area contributed by atoms with Crippen LogP contribution in [0.4, 0.5) is 10.5 Å². The first-order valence-electron chi connectivity index (χ1n) is 7.29. The minimum absolute atomic E-state index is 0.248. The van der Waals surface area contributed by atoms with Crippen LogP contribution in [0.25, 0.3) is 11.1 Å². The van der Waals surface area contributed by atoms with Gasteiger partial charge in [-0.2, -0.15) is 4.76 Å². The maximum Gasteiger partial charge on any atom is 0.513 e. The van der Waals surface area contributed by atoms with E-state index < -0.39 is 22.7 Å². The summed E-state index contributed by atoms with van der Waals surface area (Å²) in [6.07, 6.45) is 1.47. The maximum absolute atomic E-state index is 13.3. The monoisotopic (exact) mass is 342 g/mol. The minimum atomic E-state index is -1.72. The molecule has 2 heterocycles. The average molecular weight is 342 g/mol. The molecule has 2 aromatic rings. The van der Waals surface area contributed by atoms with Gasteiger partial charge in [-0.3, -0.25) is 15.1 Å². The van der Waals surface area contributed by atoms with E-state index in [0.29, 0.717) is 5.56 Å². The van der Waals surface area contributed by atoms with Crippen molar-refractivity contribution in [2.24, 2.45) is 5.10 Å². The highest BCUT2D eigenvalue weighted by Crippen LogP contribution is 2.37. The van der Waals surface area contributed by atoms with Gasteiger partial charge in [0.25, 0.3) is 0 Å². The van der Waals surface area contributed by atoms with Crippen molar-refractivity contribution in [1.82, 2.24) is 15.1 Å². The number of amides is 1. The summed E-state index contributed by atoms with van der Waals surface area (Å²) in [6.45, 7) is 1.46. The van der Waals surface area contributed by atoms with Crippen molar-refractivity contribution >= 4 is 23.6 Å². The predicted octanol–water partition coefficient (Wildman–Crippen LogP) is 1.96. The first-order valence-corrected chi connectivity index (χ1v) is 7.29. The molecule has 0 saturated heterocycles. The van der Waals surface area contributed by atoms with Crippen LogP contribution < -0.4 is 10.1 Å². The second-order valence-electron chi connectivity index (χ2n) is 5.34. The maximum atomic E-state index is 13.3. The second kappa shape index (κ2) is 6.30.